The molecule has 0 unspecified atom stereocenters. The van der Waals surface area contributed by atoms with Crippen LogP contribution in [-0.2, 0) is 20.9 Å². The third kappa shape index (κ3) is 6.65. The Labute approximate surface area is 171 Å². The monoisotopic (exact) mass is 401 g/mol. The summed E-state index contributed by atoms with van der Waals surface area (Å²) in [4.78, 5) is 28.3. The number of carbonyl (C=O) groups is 2. The van der Waals surface area contributed by atoms with Crippen molar-refractivity contribution in [1.82, 2.24) is 15.8 Å². The predicted octanol–water partition coefficient (Wildman–Crippen LogP) is 3.12. The first-order valence-electron chi connectivity index (χ1n) is 10.7. The molecule has 0 bridgehead atoms. The van der Waals surface area contributed by atoms with Crippen LogP contribution in [0.5, 0.6) is 0 Å². The summed E-state index contributed by atoms with van der Waals surface area (Å²) in [5, 5.41) is 11.9. The highest BCUT2D eigenvalue weighted by Gasteiger charge is 2.32. The van der Waals surface area contributed by atoms with Crippen molar-refractivity contribution in [1.29, 1.82) is 0 Å². The van der Waals surface area contributed by atoms with Gasteiger partial charge in [-0.1, -0.05) is 25.3 Å². The molecule has 3 rings (SSSR count). The van der Waals surface area contributed by atoms with Crippen molar-refractivity contribution < 1.29 is 19.5 Å². The quantitative estimate of drug-likeness (QED) is 0.268. The molecule has 29 heavy (non-hydrogen) atoms. The Kier molecular flexibility index (Phi) is 8.19. The van der Waals surface area contributed by atoms with Gasteiger partial charge in [0, 0.05) is 18.8 Å². The lowest BCUT2D eigenvalue weighted by molar-refractivity contribution is -0.153. The van der Waals surface area contributed by atoms with Gasteiger partial charge < -0.3 is 4.74 Å². The first-order chi connectivity index (χ1) is 14.2. The molecule has 0 spiro atoms. The number of carbonyl (C=O) groups excluding carboxylic acids is 2. The Balaban J connectivity index is 1.58. The number of hydrogen-bond acceptors (Lipinski definition) is 6. The molecule has 7 nitrogen and oxygen atoms in total. The smallest absolute Gasteiger partial charge is 0.323 e. The third-order valence-electron chi connectivity index (χ3n) is 5.85. The van der Waals surface area contributed by atoms with Crippen molar-refractivity contribution >= 4 is 18.0 Å². The zero-order valence-electron chi connectivity index (χ0n) is 16.8. The zero-order chi connectivity index (χ0) is 20.5. The Hall–Kier alpha value is -2.25. The number of ether oxygens (including phenoxy) is 1. The molecule has 1 atom stereocenters. The van der Waals surface area contributed by atoms with Crippen LogP contribution in [-0.4, -0.2) is 34.2 Å². The summed E-state index contributed by atoms with van der Waals surface area (Å²) in [6.07, 6.45) is 14.5. The normalized spacial score (nSPS) is 19.3. The highest BCUT2D eigenvalue weighted by molar-refractivity contribution is 5.90. The summed E-state index contributed by atoms with van der Waals surface area (Å²) in [5.74, 6) is -0.387. The van der Waals surface area contributed by atoms with Gasteiger partial charge in [0.15, 0.2) is 0 Å². The molecule has 7 heteroatoms. The molecule has 2 saturated carbocycles. The molecular formula is C22H31N3O4. The maximum absolute atomic E-state index is 12.9. The zero-order valence-corrected chi connectivity index (χ0v) is 16.8. The number of aromatic nitrogens is 1. The predicted molar refractivity (Wildman–Crippen MR) is 109 cm³/mol. The fourth-order valence-corrected chi connectivity index (χ4v) is 4.22. The van der Waals surface area contributed by atoms with Gasteiger partial charge in [-0.3, -0.25) is 25.1 Å². The second-order valence-electron chi connectivity index (χ2n) is 7.99. The minimum atomic E-state index is -0.591. The molecule has 1 amide bonds. The van der Waals surface area contributed by atoms with E-state index in [-0.39, 0.29) is 18.1 Å². The summed E-state index contributed by atoms with van der Waals surface area (Å²) in [6.45, 7) is 0.488. The van der Waals surface area contributed by atoms with Gasteiger partial charge in [-0.15, -0.1) is 0 Å². The molecule has 2 aliphatic rings. The number of nitrogens with zero attached hydrogens (tertiary/aromatic N) is 1. The maximum Gasteiger partial charge on any atom is 0.323 e. The fourth-order valence-electron chi connectivity index (χ4n) is 4.22. The second-order valence-corrected chi connectivity index (χ2v) is 7.99. The van der Waals surface area contributed by atoms with Gasteiger partial charge in [0.2, 0.25) is 0 Å². The highest BCUT2D eigenvalue weighted by atomic mass is 16.5. The van der Waals surface area contributed by atoms with E-state index in [0.29, 0.717) is 12.5 Å². The van der Waals surface area contributed by atoms with Gasteiger partial charge >= 0.3 is 5.97 Å². The minimum Gasteiger partial charge on any atom is -0.461 e. The van der Waals surface area contributed by atoms with Crippen LogP contribution in [0, 0.1) is 5.92 Å². The van der Waals surface area contributed by atoms with Gasteiger partial charge in [-0.25, -0.2) is 5.48 Å². The summed E-state index contributed by atoms with van der Waals surface area (Å²) >= 11 is 0. The van der Waals surface area contributed by atoms with Gasteiger partial charge in [-0.05, 0) is 62.1 Å². The van der Waals surface area contributed by atoms with Crippen molar-refractivity contribution in [3.05, 3.63) is 35.7 Å². The lowest BCUT2D eigenvalue weighted by atomic mass is 9.84. The average molecular weight is 402 g/mol. The molecule has 3 N–H and O–H groups in total. The largest absolute Gasteiger partial charge is 0.461 e. The van der Waals surface area contributed by atoms with E-state index in [4.69, 9.17) is 9.94 Å². The molecule has 0 aromatic carbocycles. The van der Waals surface area contributed by atoms with Crippen LogP contribution in [0.4, 0.5) is 0 Å². The van der Waals surface area contributed by atoms with E-state index >= 15 is 0 Å². The summed E-state index contributed by atoms with van der Waals surface area (Å²) in [5.41, 5.74) is 3.12. The van der Waals surface area contributed by atoms with Crippen molar-refractivity contribution in [2.75, 3.05) is 0 Å². The van der Waals surface area contributed by atoms with E-state index in [0.717, 1.165) is 49.8 Å². The van der Waals surface area contributed by atoms with E-state index in [2.05, 4.69) is 10.3 Å². The Morgan fingerprint density at radius 1 is 1.14 bits per heavy atom. The van der Waals surface area contributed by atoms with E-state index < -0.39 is 5.91 Å². The first-order valence-corrected chi connectivity index (χ1v) is 10.7. The molecular weight excluding hydrogens is 370 g/mol. The summed E-state index contributed by atoms with van der Waals surface area (Å²) in [7, 11) is 0. The van der Waals surface area contributed by atoms with Gasteiger partial charge in [0.1, 0.15) is 12.1 Å². The molecule has 158 valence electrons. The molecule has 0 aliphatic heterocycles. The first kappa shape index (κ1) is 21.5. The van der Waals surface area contributed by atoms with Gasteiger partial charge in [-0.2, -0.15) is 0 Å². The molecule has 2 fully saturated rings. The maximum atomic E-state index is 12.9. The number of hydroxylamine groups is 1. The molecule has 1 aromatic rings. The van der Waals surface area contributed by atoms with E-state index in [9.17, 15) is 9.59 Å². The van der Waals surface area contributed by atoms with Crippen molar-refractivity contribution in [2.45, 2.75) is 76.5 Å². The van der Waals surface area contributed by atoms with Crippen LogP contribution in [0.3, 0.4) is 0 Å². The van der Waals surface area contributed by atoms with Crippen molar-refractivity contribution in [3.63, 3.8) is 0 Å². The molecule has 0 radical (unpaired) electrons. The number of esters is 1. The van der Waals surface area contributed by atoms with Crippen LogP contribution in [0.1, 0.15) is 69.0 Å². The van der Waals surface area contributed by atoms with Crippen LogP contribution in [0.15, 0.2) is 24.4 Å². The SMILES string of the molecule is O=C(/C=C/c1ccc(CN[C@H](C(=O)OC2CCCC2)C2CCCCC2)nc1)NO. The van der Waals surface area contributed by atoms with Gasteiger partial charge in [0.25, 0.3) is 5.91 Å². The van der Waals surface area contributed by atoms with Gasteiger partial charge in [0.05, 0.1) is 5.69 Å². The van der Waals surface area contributed by atoms with Crippen molar-refractivity contribution in [2.24, 2.45) is 5.92 Å². The Morgan fingerprint density at radius 2 is 1.86 bits per heavy atom. The number of nitrogens with one attached hydrogen (secondary N) is 2. The highest BCUT2D eigenvalue weighted by Crippen LogP contribution is 2.29. The molecule has 1 aromatic heterocycles. The lowest BCUT2D eigenvalue weighted by Gasteiger charge is -2.30. The second kappa shape index (κ2) is 11.1. The lowest BCUT2D eigenvalue weighted by Crippen LogP contribution is -2.45. The van der Waals surface area contributed by atoms with E-state index in [1.165, 1.54) is 25.3 Å². The molecule has 1 heterocycles. The van der Waals surface area contributed by atoms with Crippen LogP contribution in [0.25, 0.3) is 6.08 Å². The Morgan fingerprint density at radius 3 is 2.52 bits per heavy atom. The van der Waals surface area contributed by atoms with Crippen LogP contribution < -0.4 is 10.8 Å². The van der Waals surface area contributed by atoms with Crippen LogP contribution >= 0.6 is 0 Å². The number of hydrogen-bond donors (Lipinski definition) is 3. The molecule has 0 saturated heterocycles. The topological polar surface area (TPSA) is 101 Å². The van der Waals surface area contributed by atoms with E-state index in [1.54, 1.807) is 17.8 Å². The Bertz CT molecular complexity index is 693. The van der Waals surface area contributed by atoms with Crippen molar-refractivity contribution in [3.8, 4) is 0 Å². The standard InChI is InChI=1S/C22H31N3O4/c26-20(25-28)13-11-16-10-12-18(23-14-16)15-24-21(17-6-2-1-3-7-17)22(27)29-19-8-4-5-9-19/h10-14,17,19,21,24,28H,1-9,15H2,(H,25,26)/b13-11+/t21-/m0/s1. The number of amides is 1. The third-order valence-corrected chi connectivity index (χ3v) is 5.85. The minimum absolute atomic E-state index is 0.0794. The number of pyridine rings is 1. The molecule has 2 aliphatic carbocycles. The van der Waals surface area contributed by atoms with E-state index in [1.807, 2.05) is 12.1 Å². The average Bonchev–Trinajstić information content (AvgIpc) is 3.26. The number of rotatable bonds is 8. The van der Waals surface area contributed by atoms with Crippen LogP contribution in [0.2, 0.25) is 0 Å². The summed E-state index contributed by atoms with van der Waals surface area (Å²) in [6, 6.07) is 3.42. The summed E-state index contributed by atoms with van der Waals surface area (Å²) < 4.78 is 5.81. The fraction of sp³-hybridized carbons (Fsp3) is 0.591.